The van der Waals surface area contributed by atoms with Crippen molar-refractivity contribution >= 4 is 28.1 Å². The fraction of sp³-hybridized carbons (Fsp3) is 0.435. The number of amides is 3. The molecule has 0 fully saturated rings. The van der Waals surface area contributed by atoms with Gasteiger partial charge in [-0.2, -0.15) is 0 Å². The van der Waals surface area contributed by atoms with Gasteiger partial charge < -0.3 is 15.1 Å². The van der Waals surface area contributed by atoms with Gasteiger partial charge in [-0.1, -0.05) is 45.2 Å². The summed E-state index contributed by atoms with van der Waals surface area (Å²) in [4.78, 5) is 35.7. The van der Waals surface area contributed by atoms with Crippen LogP contribution in [0.5, 0.6) is 0 Å². The Labute approximate surface area is 199 Å². The molecule has 1 atom stereocenters. The number of hydroxylamine groups is 2. The number of unbranched alkanes of at least 4 members (excludes halogenated alkanes) is 2. The second-order valence-corrected chi connectivity index (χ2v) is 10.0. The minimum Gasteiger partial charge on any atom is -0.451 e. The Kier molecular flexibility index (Phi) is 10.3. The number of furan rings is 1. The largest absolute Gasteiger partial charge is 0.451 e. The first-order chi connectivity index (χ1) is 16.2. The predicted molar refractivity (Wildman–Crippen MR) is 125 cm³/mol. The third-order valence-corrected chi connectivity index (χ3v) is 6.99. The number of hydrogen-bond acceptors (Lipinski definition) is 7. The van der Waals surface area contributed by atoms with Gasteiger partial charge in [0.2, 0.25) is 12.3 Å². The molecular weight excluding hydrogens is 462 g/mol. The van der Waals surface area contributed by atoms with Crippen molar-refractivity contribution in [1.82, 2.24) is 15.7 Å². The van der Waals surface area contributed by atoms with Crippen LogP contribution < -0.4 is 10.6 Å². The molecule has 1 heterocycles. The van der Waals surface area contributed by atoms with Crippen LogP contribution in [0.1, 0.15) is 50.1 Å². The zero-order chi connectivity index (χ0) is 25.1. The quantitative estimate of drug-likeness (QED) is 0.121. The molecule has 0 aliphatic heterocycles. The second kappa shape index (κ2) is 12.9. The molecule has 2 aromatic rings. The SMILES string of the molecule is CCCCC[C@H](CN(O)C=O)C(=O)NCNC(=O)c1ccc(-c2cccc(S(=O)(=O)CC)c2)o1. The van der Waals surface area contributed by atoms with Gasteiger partial charge in [-0.05, 0) is 30.7 Å². The molecule has 0 saturated heterocycles. The van der Waals surface area contributed by atoms with Crippen LogP contribution in [0, 0.1) is 5.92 Å². The van der Waals surface area contributed by atoms with Crippen LogP contribution in [0.25, 0.3) is 11.3 Å². The van der Waals surface area contributed by atoms with Gasteiger partial charge in [-0.25, -0.2) is 13.5 Å². The number of nitrogens with one attached hydrogen (secondary N) is 2. The third kappa shape index (κ3) is 7.70. The molecule has 0 aliphatic carbocycles. The Bertz CT molecular complexity index is 1080. The molecule has 0 saturated carbocycles. The van der Waals surface area contributed by atoms with Crippen molar-refractivity contribution in [1.29, 1.82) is 0 Å². The summed E-state index contributed by atoms with van der Waals surface area (Å²) in [7, 11) is -3.38. The van der Waals surface area contributed by atoms with Crippen molar-refractivity contribution in [3.63, 3.8) is 0 Å². The van der Waals surface area contributed by atoms with E-state index < -0.39 is 27.6 Å². The molecule has 34 heavy (non-hydrogen) atoms. The lowest BCUT2D eigenvalue weighted by Gasteiger charge is -2.19. The smallest absolute Gasteiger partial charge is 0.288 e. The number of carbonyl (C=O) groups excluding carboxylic acids is 3. The fourth-order valence-electron chi connectivity index (χ4n) is 3.28. The first kappa shape index (κ1) is 27.1. The molecule has 10 nitrogen and oxygen atoms in total. The van der Waals surface area contributed by atoms with Gasteiger partial charge in [0.15, 0.2) is 15.6 Å². The summed E-state index contributed by atoms with van der Waals surface area (Å²) in [6.07, 6.45) is 3.38. The van der Waals surface area contributed by atoms with Crippen molar-refractivity contribution in [3.8, 4) is 11.3 Å². The average molecular weight is 494 g/mol. The van der Waals surface area contributed by atoms with Gasteiger partial charge in [0, 0.05) is 5.56 Å². The number of sulfone groups is 1. The van der Waals surface area contributed by atoms with E-state index in [2.05, 4.69) is 10.6 Å². The molecule has 3 N–H and O–H groups in total. The molecule has 0 aliphatic rings. The van der Waals surface area contributed by atoms with Crippen LogP contribution in [-0.2, 0) is 19.4 Å². The fourth-order valence-corrected chi connectivity index (χ4v) is 4.21. The Balaban J connectivity index is 1.96. The Hall–Kier alpha value is -3.18. The highest BCUT2D eigenvalue weighted by molar-refractivity contribution is 7.91. The summed E-state index contributed by atoms with van der Waals surface area (Å²) in [6, 6.07) is 9.28. The van der Waals surface area contributed by atoms with E-state index in [-0.39, 0.29) is 36.0 Å². The molecule has 2 rings (SSSR count). The van der Waals surface area contributed by atoms with E-state index in [1.54, 1.807) is 25.1 Å². The summed E-state index contributed by atoms with van der Waals surface area (Å²) in [5.74, 6) is -1.28. The minimum atomic E-state index is -3.38. The highest BCUT2D eigenvalue weighted by Gasteiger charge is 2.21. The maximum atomic E-state index is 12.4. The normalized spacial score (nSPS) is 12.1. The number of nitrogens with zero attached hydrogens (tertiary/aromatic N) is 1. The summed E-state index contributed by atoms with van der Waals surface area (Å²) in [5.41, 5.74) is 0.514. The third-order valence-electron chi connectivity index (χ3n) is 5.26. The van der Waals surface area contributed by atoms with Gasteiger partial charge in [-0.15, -0.1) is 0 Å². The van der Waals surface area contributed by atoms with Crippen LogP contribution in [0.3, 0.4) is 0 Å². The van der Waals surface area contributed by atoms with E-state index in [4.69, 9.17) is 4.42 Å². The van der Waals surface area contributed by atoms with E-state index in [0.29, 0.717) is 22.8 Å². The lowest BCUT2D eigenvalue weighted by molar-refractivity contribution is -0.154. The first-order valence-electron chi connectivity index (χ1n) is 11.1. The molecule has 0 spiro atoms. The van der Waals surface area contributed by atoms with Gasteiger partial charge in [0.1, 0.15) is 5.76 Å². The minimum absolute atomic E-state index is 0.00464. The molecule has 0 unspecified atom stereocenters. The van der Waals surface area contributed by atoms with Gasteiger partial charge in [0.05, 0.1) is 29.8 Å². The van der Waals surface area contributed by atoms with Crippen molar-refractivity contribution in [2.75, 3.05) is 19.0 Å². The Morgan fingerprint density at radius 1 is 1.15 bits per heavy atom. The molecule has 186 valence electrons. The molecule has 1 aromatic heterocycles. The monoisotopic (exact) mass is 493 g/mol. The van der Waals surface area contributed by atoms with Gasteiger partial charge in [0.25, 0.3) is 5.91 Å². The lowest BCUT2D eigenvalue weighted by Crippen LogP contribution is -2.42. The predicted octanol–water partition coefficient (Wildman–Crippen LogP) is 2.59. The van der Waals surface area contributed by atoms with Crippen LogP contribution in [-0.4, -0.2) is 55.9 Å². The van der Waals surface area contributed by atoms with Crippen molar-refractivity contribution in [3.05, 3.63) is 42.2 Å². The Morgan fingerprint density at radius 3 is 2.59 bits per heavy atom. The standard InChI is InChI=1S/C23H31N3O7S/c1-3-5-6-8-18(14-26(30)16-27)22(28)24-15-25-23(29)21-12-11-20(33-21)17-9-7-10-19(13-17)34(31,32)4-2/h7,9-13,16,18,30H,3-6,8,14-15H2,1-2H3,(H,24,28)(H,25,29)/t18-/m1/s1. The molecule has 3 amide bonds. The summed E-state index contributed by atoms with van der Waals surface area (Å²) in [6.45, 7) is 3.28. The van der Waals surface area contributed by atoms with Crippen LogP contribution in [0.15, 0.2) is 45.7 Å². The van der Waals surface area contributed by atoms with E-state index in [9.17, 15) is 28.0 Å². The summed E-state index contributed by atoms with van der Waals surface area (Å²) < 4.78 is 29.8. The van der Waals surface area contributed by atoms with Crippen molar-refractivity contribution in [2.24, 2.45) is 5.92 Å². The highest BCUT2D eigenvalue weighted by Crippen LogP contribution is 2.25. The number of carbonyl (C=O) groups is 3. The highest BCUT2D eigenvalue weighted by atomic mass is 32.2. The maximum absolute atomic E-state index is 12.4. The summed E-state index contributed by atoms with van der Waals surface area (Å²) >= 11 is 0. The molecular formula is C23H31N3O7S. The van der Waals surface area contributed by atoms with E-state index in [0.717, 1.165) is 19.3 Å². The topological polar surface area (TPSA) is 146 Å². The van der Waals surface area contributed by atoms with Crippen LogP contribution in [0.4, 0.5) is 0 Å². The molecule has 0 bridgehead atoms. The first-order valence-corrected chi connectivity index (χ1v) is 12.8. The van der Waals surface area contributed by atoms with Crippen LogP contribution >= 0.6 is 0 Å². The van der Waals surface area contributed by atoms with Gasteiger partial charge in [-0.3, -0.25) is 19.6 Å². The van der Waals surface area contributed by atoms with E-state index >= 15 is 0 Å². The van der Waals surface area contributed by atoms with Crippen LogP contribution in [0.2, 0.25) is 0 Å². The lowest BCUT2D eigenvalue weighted by atomic mass is 10.0. The summed E-state index contributed by atoms with van der Waals surface area (Å²) in [5, 5.41) is 15.0. The maximum Gasteiger partial charge on any atom is 0.288 e. The van der Waals surface area contributed by atoms with Crippen molar-refractivity contribution < 1.29 is 32.4 Å². The van der Waals surface area contributed by atoms with E-state index in [1.165, 1.54) is 18.2 Å². The number of benzene rings is 1. The van der Waals surface area contributed by atoms with E-state index in [1.807, 2.05) is 6.92 Å². The Morgan fingerprint density at radius 2 is 1.91 bits per heavy atom. The van der Waals surface area contributed by atoms with Gasteiger partial charge >= 0.3 is 0 Å². The molecule has 11 heteroatoms. The second-order valence-electron chi connectivity index (χ2n) is 7.74. The number of hydrogen-bond donors (Lipinski definition) is 3. The zero-order valence-corrected chi connectivity index (χ0v) is 20.1. The average Bonchev–Trinajstić information content (AvgIpc) is 3.34. The zero-order valence-electron chi connectivity index (χ0n) is 19.3. The number of rotatable bonds is 14. The molecule has 0 radical (unpaired) electrons. The molecule has 1 aromatic carbocycles. The van der Waals surface area contributed by atoms with Crippen molar-refractivity contribution in [2.45, 2.75) is 44.4 Å².